The fourth-order valence-corrected chi connectivity index (χ4v) is 3.69. The van der Waals surface area contributed by atoms with Gasteiger partial charge in [-0.15, -0.1) is 22.7 Å². The summed E-state index contributed by atoms with van der Waals surface area (Å²) in [6, 6.07) is 3.81. The summed E-state index contributed by atoms with van der Waals surface area (Å²) in [5, 5.41) is 6.48. The van der Waals surface area contributed by atoms with Crippen LogP contribution in [0.25, 0.3) is 10.2 Å². The molecule has 0 aliphatic carbocycles. The van der Waals surface area contributed by atoms with E-state index in [1.54, 1.807) is 20.1 Å². The molecule has 3 aromatic heterocycles. The Morgan fingerprint density at radius 3 is 3.04 bits per heavy atom. The quantitative estimate of drug-likeness (QED) is 0.537. The van der Waals surface area contributed by atoms with E-state index in [1.807, 2.05) is 17.5 Å². The second-order valence-corrected chi connectivity index (χ2v) is 6.59. The number of carbonyl (C=O) groups excluding carboxylic acids is 1. The molecule has 3 rings (SSSR count). The van der Waals surface area contributed by atoms with Gasteiger partial charge in [-0.25, -0.2) is 9.78 Å². The van der Waals surface area contributed by atoms with Crippen LogP contribution in [0.4, 0.5) is 0 Å². The molecular weight excluding hydrogens is 334 g/mol. The summed E-state index contributed by atoms with van der Waals surface area (Å²) in [5.74, 6) is -0.430. The van der Waals surface area contributed by atoms with Crippen molar-refractivity contribution in [1.29, 1.82) is 0 Å². The Labute approximate surface area is 139 Å². The van der Waals surface area contributed by atoms with Crippen molar-refractivity contribution in [2.45, 2.75) is 13.8 Å². The predicted molar refractivity (Wildman–Crippen MR) is 91.9 cm³/mol. The largest absolute Gasteiger partial charge is 0.462 e. The van der Waals surface area contributed by atoms with Gasteiger partial charge in [0.2, 0.25) is 0 Å². The summed E-state index contributed by atoms with van der Waals surface area (Å²) in [5.41, 5.74) is 0.286. The molecule has 0 radical (unpaired) electrons. The van der Waals surface area contributed by atoms with Crippen LogP contribution < -0.4 is 5.56 Å². The van der Waals surface area contributed by atoms with E-state index >= 15 is 0 Å². The van der Waals surface area contributed by atoms with Crippen LogP contribution in [0.2, 0.25) is 0 Å². The van der Waals surface area contributed by atoms with Crippen molar-refractivity contribution in [3.63, 3.8) is 0 Å². The van der Waals surface area contributed by atoms with E-state index in [0.29, 0.717) is 20.7 Å². The molecule has 6 nitrogen and oxygen atoms in total. The highest BCUT2D eigenvalue weighted by Crippen LogP contribution is 2.27. The number of hydrogen-bond donors (Lipinski definition) is 0. The number of rotatable bonds is 4. The molecule has 0 saturated heterocycles. The molecule has 0 amide bonds. The smallest absolute Gasteiger partial charge is 0.348 e. The molecular formula is C15H13N3O3S2. The Kier molecular flexibility index (Phi) is 4.35. The van der Waals surface area contributed by atoms with Crippen LogP contribution in [0.1, 0.15) is 27.0 Å². The average molecular weight is 347 g/mol. The van der Waals surface area contributed by atoms with Crippen LogP contribution in [0.5, 0.6) is 0 Å². The molecule has 23 heavy (non-hydrogen) atoms. The first-order chi connectivity index (χ1) is 11.1. The number of aromatic nitrogens is 2. The third-order valence-electron chi connectivity index (χ3n) is 3.15. The number of ether oxygens (including phenoxy) is 1. The van der Waals surface area contributed by atoms with Crippen LogP contribution in [0.3, 0.4) is 0 Å². The number of esters is 1. The molecule has 0 spiro atoms. The highest BCUT2D eigenvalue weighted by Gasteiger charge is 2.20. The average Bonchev–Trinajstić information content (AvgIpc) is 3.15. The van der Waals surface area contributed by atoms with E-state index in [2.05, 4.69) is 10.1 Å². The Bertz CT molecular complexity index is 939. The first-order valence-corrected chi connectivity index (χ1v) is 8.57. The van der Waals surface area contributed by atoms with Gasteiger partial charge < -0.3 is 4.74 Å². The number of fused-ring (bicyclic) bond motifs is 1. The third-order valence-corrected chi connectivity index (χ3v) is 5.13. The molecule has 0 N–H and O–H groups in total. The molecule has 0 bridgehead atoms. The zero-order chi connectivity index (χ0) is 16.4. The van der Waals surface area contributed by atoms with Gasteiger partial charge in [0, 0.05) is 4.88 Å². The van der Waals surface area contributed by atoms with Crippen molar-refractivity contribution in [1.82, 2.24) is 9.66 Å². The molecule has 0 aromatic carbocycles. The number of carbonyl (C=O) groups is 1. The Morgan fingerprint density at radius 2 is 2.35 bits per heavy atom. The van der Waals surface area contributed by atoms with E-state index in [9.17, 15) is 9.59 Å². The fraction of sp³-hybridized carbons (Fsp3) is 0.200. The lowest BCUT2D eigenvalue weighted by Crippen LogP contribution is -2.17. The van der Waals surface area contributed by atoms with Crippen molar-refractivity contribution in [3.05, 3.63) is 49.5 Å². The van der Waals surface area contributed by atoms with E-state index in [4.69, 9.17) is 4.74 Å². The van der Waals surface area contributed by atoms with Crippen molar-refractivity contribution in [2.24, 2.45) is 5.10 Å². The van der Waals surface area contributed by atoms with Gasteiger partial charge in [-0.1, -0.05) is 6.07 Å². The molecule has 0 fully saturated rings. The van der Waals surface area contributed by atoms with E-state index in [-0.39, 0.29) is 12.2 Å². The van der Waals surface area contributed by atoms with Gasteiger partial charge in [-0.3, -0.25) is 4.79 Å². The zero-order valence-electron chi connectivity index (χ0n) is 12.5. The van der Waals surface area contributed by atoms with Gasteiger partial charge in [0.1, 0.15) is 16.0 Å². The minimum absolute atomic E-state index is 0.287. The number of thiophene rings is 2. The van der Waals surface area contributed by atoms with Crippen LogP contribution in [-0.4, -0.2) is 28.5 Å². The SMILES string of the molecule is CCOC(=O)c1sc2ncn(/N=C\c3cccs3)c(=O)c2c1C. The molecule has 0 aliphatic heterocycles. The van der Waals surface area contributed by atoms with E-state index < -0.39 is 5.97 Å². The van der Waals surface area contributed by atoms with Gasteiger partial charge in [0.25, 0.3) is 5.56 Å². The molecule has 0 saturated carbocycles. The summed E-state index contributed by atoms with van der Waals surface area (Å²) in [4.78, 5) is 30.6. The summed E-state index contributed by atoms with van der Waals surface area (Å²) < 4.78 is 6.19. The Hall–Kier alpha value is -2.32. The highest BCUT2D eigenvalue weighted by atomic mass is 32.1. The summed E-state index contributed by atoms with van der Waals surface area (Å²) in [6.07, 6.45) is 2.97. The first kappa shape index (κ1) is 15.6. The normalized spacial score (nSPS) is 11.4. The van der Waals surface area contributed by atoms with Crippen LogP contribution in [-0.2, 0) is 4.74 Å². The maximum absolute atomic E-state index is 12.6. The Balaban J connectivity index is 2.07. The topological polar surface area (TPSA) is 73.5 Å². The van der Waals surface area contributed by atoms with Gasteiger partial charge in [0.05, 0.1) is 18.2 Å². The first-order valence-electron chi connectivity index (χ1n) is 6.87. The molecule has 3 heterocycles. The Morgan fingerprint density at radius 1 is 1.52 bits per heavy atom. The van der Waals surface area contributed by atoms with Crippen LogP contribution >= 0.6 is 22.7 Å². The van der Waals surface area contributed by atoms with Gasteiger partial charge >= 0.3 is 5.97 Å². The molecule has 0 atom stereocenters. The molecule has 118 valence electrons. The molecule has 3 aromatic rings. The van der Waals surface area contributed by atoms with Crippen LogP contribution in [0, 0.1) is 6.92 Å². The van der Waals surface area contributed by atoms with Crippen molar-refractivity contribution in [2.75, 3.05) is 6.61 Å². The number of aryl methyl sites for hydroxylation is 1. The van der Waals surface area contributed by atoms with Crippen LogP contribution in [0.15, 0.2) is 33.7 Å². The second kappa shape index (κ2) is 6.43. The lowest BCUT2D eigenvalue weighted by molar-refractivity contribution is 0.0531. The van der Waals surface area contributed by atoms with Crippen molar-refractivity contribution < 1.29 is 9.53 Å². The minimum atomic E-state index is -0.430. The van der Waals surface area contributed by atoms with Gasteiger partial charge in [-0.2, -0.15) is 9.78 Å². The zero-order valence-corrected chi connectivity index (χ0v) is 14.1. The number of hydrogen-bond acceptors (Lipinski definition) is 7. The standard InChI is InChI=1S/C15H13N3O3S2/c1-3-21-15(20)12-9(2)11-13(23-12)16-8-18(14(11)19)17-7-10-5-4-6-22-10/h4-8H,3H2,1-2H3/b17-7-. The summed E-state index contributed by atoms with van der Waals surface area (Å²) in [6.45, 7) is 3.75. The third kappa shape index (κ3) is 2.95. The van der Waals surface area contributed by atoms with Gasteiger partial charge in [-0.05, 0) is 30.9 Å². The monoisotopic (exact) mass is 347 g/mol. The molecule has 0 aliphatic rings. The lowest BCUT2D eigenvalue weighted by Gasteiger charge is -1.99. The molecule has 0 unspecified atom stereocenters. The van der Waals surface area contributed by atoms with Crippen molar-refractivity contribution >= 4 is 45.1 Å². The highest BCUT2D eigenvalue weighted by molar-refractivity contribution is 7.20. The predicted octanol–water partition coefficient (Wildman–Crippen LogP) is 2.89. The van der Waals surface area contributed by atoms with Gasteiger partial charge in [0.15, 0.2) is 0 Å². The fourth-order valence-electron chi connectivity index (χ4n) is 2.07. The minimum Gasteiger partial charge on any atom is -0.462 e. The lowest BCUT2D eigenvalue weighted by atomic mass is 10.2. The van der Waals surface area contributed by atoms with E-state index in [1.165, 1.54) is 22.3 Å². The molecule has 8 heteroatoms. The summed E-state index contributed by atoms with van der Waals surface area (Å²) in [7, 11) is 0. The maximum Gasteiger partial charge on any atom is 0.348 e. The second-order valence-electron chi connectivity index (χ2n) is 4.61. The number of nitrogens with zero attached hydrogens (tertiary/aromatic N) is 3. The van der Waals surface area contributed by atoms with Crippen molar-refractivity contribution in [3.8, 4) is 0 Å². The summed E-state index contributed by atoms with van der Waals surface area (Å²) >= 11 is 2.69. The van der Waals surface area contributed by atoms with E-state index in [0.717, 1.165) is 16.2 Å². The maximum atomic E-state index is 12.6.